The zero-order chi connectivity index (χ0) is 42.3. The molecule has 0 atom stereocenters. The lowest BCUT2D eigenvalue weighted by molar-refractivity contribution is -0.136. The molecule has 2 aromatic heterocycles. The van der Waals surface area contributed by atoms with Crippen molar-refractivity contribution in [2.75, 3.05) is 37.6 Å². The molecule has 2 aliphatic heterocycles. The van der Waals surface area contributed by atoms with Crippen LogP contribution in [0.5, 0.6) is 0 Å². The number of anilines is 1. The molecular weight excluding hydrogens is 779 g/mol. The molecule has 3 aromatic carbocycles. The van der Waals surface area contributed by atoms with Crippen LogP contribution in [0.2, 0.25) is 0 Å². The van der Waals surface area contributed by atoms with Gasteiger partial charge in [0, 0.05) is 85.7 Å². The number of piperazine rings is 1. The Labute approximate surface area is 344 Å². The number of carbonyl (C=O) groups is 2. The van der Waals surface area contributed by atoms with Gasteiger partial charge in [0.25, 0.3) is 11.5 Å². The quantitative estimate of drug-likeness (QED) is 0.0711. The van der Waals surface area contributed by atoms with E-state index in [0.717, 1.165) is 56.2 Å². The number of rotatable bonds is 12. The second-order valence-electron chi connectivity index (χ2n) is 17.1. The highest BCUT2D eigenvalue weighted by Crippen LogP contribution is 2.42. The fourth-order valence-electron chi connectivity index (χ4n) is 8.83. The van der Waals surface area contributed by atoms with Crippen molar-refractivity contribution in [1.29, 1.82) is 0 Å². The molecule has 10 nitrogen and oxygen atoms in total. The Bertz CT molecular complexity index is 2570. The van der Waals surface area contributed by atoms with E-state index < -0.39 is 29.1 Å². The Balaban J connectivity index is 0.893. The van der Waals surface area contributed by atoms with Crippen molar-refractivity contribution < 1.29 is 31.6 Å². The van der Waals surface area contributed by atoms with Gasteiger partial charge in [0.1, 0.15) is 11.4 Å². The van der Waals surface area contributed by atoms with Gasteiger partial charge in [0.15, 0.2) is 0 Å². The zero-order valence-electron chi connectivity index (χ0n) is 34.0. The minimum Gasteiger partial charge on any atom is -0.423 e. The van der Waals surface area contributed by atoms with E-state index in [1.165, 1.54) is 16.8 Å². The molecule has 1 saturated heterocycles. The number of unbranched alkanes of at least 4 members (excludes halogenated alkanes) is 4. The van der Waals surface area contributed by atoms with Crippen LogP contribution in [0, 0.1) is 11.7 Å². The number of fused-ring (bicyclic) bond motifs is 3. The first-order valence-electron chi connectivity index (χ1n) is 21.0. The van der Waals surface area contributed by atoms with Crippen LogP contribution in [0.4, 0.5) is 23.2 Å². The van der Waals surface area contributed by atoms with Crippen LogP contribution in [0.1, 0.15) is 98.0 Å². The van der Waals surface area contributed by atoms with Gasteiger partial charge in [-0.15, -0.1) is 0 Å². The van der Waals surface area contributed by atoms with Crippen molar-refractivity contribution >= 4 is 39.2 Å². The van der Waals surface area contributed by atoms with Gasteiger partial charge in [-0.3, -0.25) is 14.4 Å². The third kappa shape index (κ3) is 8.55. The van der Waals surface area contributed by atoms with E-state index in [0.29, 0.717) is 80.2 Å². The predicted octanol–water partition coefficient (Wildman–Crippen LogP) is 8.13. The lowest BCUT2D eigenvalue weighted by Gasteiger charge is -2.45. The second-order valence-corrected chi connectivity index (χ2v) is 17.1. The number of benzene rings is 3. The fourth-order valence-corrected chi connectivity index (χ4v) is 8.83. The number of aromatic nitrogens is 2. The molecule has 1 aliphatic carbocycles. The maximum atomic E-state index is 15.1. The standard InChI is InChI=1S/C46H49F4N5O5/c1-45(2)17-16-31-26-34-36(46(48,49)50)27-41(56)60-40(34)28-39(31)54(45)18-8-4-3-5-9-19-55-44(59)33-11-7-6-10-32(33)38(51-55)25-29-12-15-37(47)35(24-29)43(58)53-22-20-52(21-23-53)42(57)30-13-14-30/h6-7,10-12,15,24,26-28,30H,3-5,8-9,13-14,16-23,25H2,1-2H3. The summed E-state index contributed by atoms with van der Waals surface area (Å²) in [6.07, 6.45) is 3.02. The van der Waals surface area contributed by atoms with Crippen LogP contribution in [-0.2, 0) is 30.4 Å². The smallest absolute Gasteiger partial charge is 0.417 e. The normalized spacial score (nSPS) is 16.7. The average Bonchev–Trinajstić information content (AvgIpc) is 4.08. The summed E-state index contributed by atoms with van der Waals surface area (Å²) in [6.45, 7) is 6.88. The van der Waals surface area contributed by atoms with Crippen molar-refractivity contribution in [3.63, 3.8) is 0 Å². The van der Waals surface area contributed by atoms with Crippen molar-refractivity contribution in [2.45, 2.75) is 96.3 Å². The van der Waals surface area contributed by atoms with Gasteiger partial charge in [0.2, 0.25) is 5.91 Å². The van der Waals surface area contributed by atoms with Crippen molar-refractivity contribution in [3.8, 4) is 0 Å². The number of alkyl halides is 3. The summed E-state index contributed by atoms with van der Waals surface area (Å²) in [5, 5.41) is 5.92. The summed E-state index contributed by atoms with van der Waals surface area (Å²) < 4.78 is 63.3. The van der Waals surface area contributed by atoms with Gasteiger partial charge in [0.05, 0.1) is 22.2 Å². The van der Waals surface area contributed by atoms with Crippen LogP contribution in [-0.4, -0.2) is 69.7 Å². The van der Waals surface area contributed by atoms with Gasteiger partial charge in [-0.2, -0.15) is 18.3 Å². The summed E-state index contributed by atoms with van der Waals surface area (Å²) in [5.41, 5.74) is 0.371. The molecule has 1 saturated carbocycles. The molecule has 0 radical (unpaired) electrons. The number of hydrogen-bond donors (Lipinski definition) is 0. The molecule has 0 unspecified atom stereocenters. The number of halogens is 4. The summed E-state index contributed by atoms with van der Waals surface area (Å²) in [7, 11) is 0. The number of aryl methyl sites for hydroxylation is 2. The minimum absolute atomic E-state index is 0.0264. The van der Waals surface area contributed by atoms with Gasteiger partial charge < -0.3 is 19.1 Å². The topological polar surface area (TPSA) is 109 Å². The van der Waals surface area contributed by atoms with Crippen molar-refractivity contribution in [1.82, 2.24) is 19.6 Å². The largest absolute Gasteiger partial charge is 0.423 e. The van der Waals surface area contributed by atoms with E-state index in [2.05, 4.69) is 18.7 Å². The zero-order valence-corrected chi connectivity index (χ0v) is 34.0. The van der Waals surface area contributed by atoms with Gasteiger partial charge >= 0.3 is 11.8 Å². The lowest BCUT2D eigenvalue weighted by Crippen LogP contribution is -2.51. The summed E-state index contributed by atoms with van der Waals surface area (Å²) >= 11 is 0. The third-order valence-corrected chi connectivity index (χ3v) is 12.4. The third-order valence-electron chi connectivity index (χ3n) is 12.4. The summed E-state index contributed by atoms with van der Waals surface area (Å²) in [5.74, 6) is -0.769. The minimum atomic E-state index is -4.68. The van der Waals surface area contributed by atoms with Crippen LogP contribution in [0.25, 0.3) is 21.7 Å². The van der Waals surface area contributed by atoms with E-state index in [1.54, 1.807) is 34.1 Å². The Hall–Kier alpha value is -5.53. The summed E-state index contributed by atoms with van der Waals surface area (Å²) in [4.78, 5) is 57.2. The Morgan fingerprint density at radius 2 is 1.52 bits per heavy atom. The molecule has 0 bridgehead atoms. The molecule has 8 rings (SSSR count). The highest BCUT2D eigenvalue weighted by Gasteiger charge is 2.38. The van der Waals surface area contributed by atoms with E-state index in [-0.39, 0.29) is 45.9 Å². The number of hydrogen-bond acceptors (Lipinski definition) is 7. The molecule has 3 aliphatic rings. The SMILES string of the molecule is CC1(C)CCc2cc3c(C(F)(F)F)cc(=O)oc3cc2N1CCCCCCCn1nc(Cc2ccc(F)c(C(=O)N3CCN(C(=O)C4CC4)CC3)c2)c2ccccc2c1=O. The molecule has 316 valence electrons. The Morgan fingerprint density at radius 3 is 2.23 bits per heavy atom. The van der Waals surface area contributed by atoms with Crippen LogP contribution >= 0.6 is 0 Å². The molecule has 4 heterocycles. The Morgan fingerprint density at radius 1 is 0.833 bits per heavy atom. The molecule has 14 heteroatoms. The van der Waals surface area contributed by atoms with Crippen LogP contribution in [0.15, 0.2) is 74.7 Å². The first kappa shape index (κ1) is 41.2. The predicted molar refractivity (Wildman–Crippen MR) is 221 cm³/mol. The molecule has 60 heavy (non-hydrogen) atoms. The molecule has 0 N–H and O–H groups in total. The maximum absolute atomic E-state index is 15.1. The molecule has 2 fully saturated rings. The second kappa shape index (κ2) is 16.5. The highest BCUT2D eigenvalue weighted by atomic mass is 19.4. The first-order chi connectivity index (χ1) is 28.7. The maximum Gasteiger partial charge on any atom is 0.417 e. The molecule has 5 aromatic rings. The number of nitrogens with zero attached hydrogens (tertiary/aromatic N) is 5. The monoisotopic (exact) mass is 827 g/mol. The highest BCUT2D eigenvalue weighted by molar-refractivity contribution is 5.95. The lowest BCUT2D eigenvalue weighted by atomic mass is 9.85. The van der Waals surface area contributed by atoms with Crippen LogP contribution in [0.3, 0.4) is 0 Å². The fraction of sp³-hybridized carbons (Fsp3) is 0.457. The van der Waals surface area contributed by atoms with Gasteiger partial charge in [-0.1, -0.05) is 43.5 Å². The Kier molecular flexibility index (Phi) is 11.3. The van der Waals surface area contributed by atoms with E-state index in [1.807, 2.05) is 18.2 Å². The average molecular weight is 828 g/mol. The van der Waals surface area contributed by atoms with E-state index in [4.69, 9.17) is 9.52 Å². The van der Waals surface area contributed by atoms with Crippen LogP contribution < -0.4 is 16.1 Å². The van der Waals surface area contributed by atoms with Gasteiger partial charge in [-0.25, -0.2) is 13.9 Å². The number of amides is 2. The molecule has 2 amide bonds. The molecule has 0 spiro atoms. The van der Waals surface area contributed by atoms with Crippen molar-refractivity contribution in [3.05, 3.63) is 115 Å². The van der Waals surface area contributed by atoms with Gasteiger partial charge in [-0.05, 0) is 87.8 Å². The van der Waals surface area contributed by atoms with E-state index in [9.17, 15) is 32.3 Å². The summed E-state index contributed by atoms with van der Waals surface area (Å²) in [6, 6.07) is 15.4. The number of carbonyl (C=O) groups excluding carboxylic acids is 2. The van der Waals surface area contributed by atoms with Crippen molar-refractivity contribution in [2.24, 2.45) is 5.92 Å². The molecular formula is C46H49F4N5O5. The van der Waals surface area contributed by atoms with E-state index >= 15 is 4.39 Å². The first-order valence-corrected chi connectivity index (χ1v) is 21.0.